The van der Waals surface area contributed by atoms with Crippen molar-refractivity contribution in [1.29, 1.82) is 0 Å². The van der Waals surface area contributed by atoms with Gasteiger partial charge in [0, 0.05) is 9.50 Å². The van der Waals surface area contributed by atoms with Crippen molar-refractivity contribution in [2.45, 2.75) is 6.61 Å². The van der Waals surface area contributed by atoms with Crippen molar-refractivity contribution in [3.8, 4) is 5.75 Å². The van der Waals surface area contributed by atoms with Gasteiger partial charge in [-0.3, -0.25) is 0 Å². The van der Waals surface area contributed by atoms with Crippen molar-refractivity contribution in [2.24, 2.45) is 0 Å². The van der Waals surface area contributed by atoms with Crippen LogP contribution in [-0.2, 0) is 11.3 Å². The topological polar surface area (TPSA) is 35.5 Å². The number of esters is 1. The maximum absolute atomic E-state index is 11.6. The van der Waals surface area contributed by atoms with Gasteiger partial charge in [-0.25, -0.2) is 4.79 Å². The summed E-state index contributed by atoms with van der Waals surface area (Å²) < 4.78 is 11.1. The fourth-order valence-electron chi connectivity index (χ4n) is 1.72. The first kappa shape index (κ1) is 16.1. The number of benzene rings is 2. The van der Waals surface area contributed by atoms with E-state index in [4.69, 9.17) is 32.7 Å². The molecule has 0 aromatic heterocycles. The van der Waals surface area contributed by atoms with Gasteiger partial charge in [0.1, 0.15) is 12.4 Å². The molecule has 0 fully saturated rings. The lowest BCUT2D eigenvalue weighted by Gasteiger charge is -2.10. The molecule has 6 heteroatoms. The van der Waals surface area contributed by atoms with Crippen LogP contribution in [0.3, 0.4) is 0 Å². The number of methoxy groups -OCH3 is 1. The van der Waals surface area contributed by atoms with Crippen LogP contribution in [-0.4, -0.2) is 13.1 Å². The van der Waals surface area contributed by atoms with E-state index < -0.39 is 5.97 Å². The molecule has 0 aliphatic heterocycles. The minimum atomic E-state index is -0.401. The molecular formula is C15H11BrCl2O3. The summed E-state index contributed by atoms with van der Waals surface area (Å²) in [6, 6.07) is 10.3. The van der Waals surface area contributed by atoms with Crippen LogP contribution in [0, 0.1) is 0 Å². The number of ether oxygens (including phenoxy) is 2. The number of hydrogen-bond acceptors (Lipinski definition) is 3. The molecule has 0 N–H and O–H groups in total. The molecule has 2 rings (SSSR count). The Kier molecular flexibility index (Phi) is 5.51. The van der Waals surface area contributed by atoms with Crippen LogP contribution in [0.4, 0.5) is 0 Å². The van der Waals surface area contributed by atoms with E-state index in [0.717, 1.165) is 10.0 Å². The van der Waals surface area contributed by atoms with E-state index in [1.165, 1.54) is 7.11 Å². The summed E-state index contributed by atoms with van der Waals surface area (Å²) in [5, 5.41) is 0.980. The fraction of sp³-hybridized carbons (Fsp3) is 0.133. The summed E-state index contributed by atoms with van der Waals surface area (Å²) in [5.74, 6) is 0.128. The lowest BCUT2D eigenvalue weighted by Crippen LogP contribution is -2.03. The van der Waals surface area contributed by atoms with Gasteiger partial charge in [-0.1, -0.05) is 39.1 Å². The SMILES string of the molecule is COC(=O)c1cc(Br)cc(COc2ccc(Cl)cc2Cl)c1. The average molecular weight is 390 g/mol. The zero-order chi connectivity index (χ0) is 15.4. The van der Waals surface area contributed by atoms with Crippen molar-refractivity contribution in [2.75, 3.05) is 7.11 Å². The standard InChI is InChI=1S/C15H11BrCl2O3/c1-20-15(19)10-4-9(5-11(16)6-10)8-21-14-3-2-12(17)7-13(14)18/h2-7H,8H2,1H3. The van der Waals surface area contributed by atoms with E-state index in [-0.39, 0.29) is 6.61 Å². The molecule has 0 spiro atoms. The van der Waals surface area contributed by atoms with Crippen molar-refractivity contribution >= 4 is 45.1 Å². The molecule has 0 saturated heterocycles. The number of carbonyl (C=O) groups is 1. The summed E-state index contributed by atoms with van der Waals surface area (Å²) in [5.41, 5.74) is 1.27. The van der Waals surface area contributed by atoms with Gasteiger partial charge >= 0.3 is 5.97 Å². The van der Waals surface area contributed by atoms with Crippen LogP contribution in [0.25, 0.3) is 0 Å². The van der Waals surface area contributed by atoms with Gasteiger partial charge in [0.25, 0.3) is 0 Å². The minimum Gasteiger partial charge on any atom is -0.487 e. The quantitative estimate of drug-likeness (QED) is 0.680. The molecule has 0 saturated carbocycles. The molecule has 110 valence electrons. The van der Waals surface area contributed by atoms with Gasteiger partial charge in [0.15, 0.2) is 0 Å². The molecule has 0 unspecified atom stereocenters. The maximum atomic E-state index is 11.6. The second-order valence-corrected chi connectivity index (χ2v) is 5.96. The number of hydrogen-bond donors (Lipinski definition) is 0. The smallest absolute Gasteiger partial charge is 0.337 e. The highest BCUT2D eigenvalue weighted by atomic mass is 79.9. The van der Waals surface area contributed by atoms with Crippen LogP contribution in [0.1, 0.15) is 15.9 Å². The Bertz CT molecular complexity index is 674. The Balaban J connectivity index is 2.16. The highest BCUT2D eigenvalue weighted by molar-refractivity contribution is 9.10. The first-order chi connectivity index (χ1) is 9.99. The Morgan fingerprint density at radius 3 is 2.62 bits per heavy atom. The maximum Gasteiger partial charge on any atom is 0.337 e. The largest absolute Gasteiger partial charge is 0.487 e. The summed E-state index contributed by atoms with van der Waals surface area (Å²) in [4.78, 5) is 11.6. The van der Waals surface area contributed by atoms with Crippen molar-refractivity contribution in [3.63, 3.8) is 0 Å². The normalized spacial score (nSPS) is 10.3. The fourth-order valence-corrected chi connectivity index (χ4v) is 2.73. The predicted molar refractivity (Wildman–Crippen MR) is 86.3 cm³/mol. The molecule has 0 atom stereocenters. The Labute approximate surface area is 140 Å². The first-order valence-electron chi connectivity index (χ1n) is 5.95. The molecule has 0 heterocycles. The molecule has 0 aliphatic rings. The third-order valence-corrected chi connectivity index (χ3v) is 3.66. The van der Waals surface area contributed by atoms with Crippen LogP contribution >= 0.6 is 39.1 Å². The highest BCUT2D eigenvalue weighted by Crippen LogP contribution is 2.28. The summed E-state index contributed by atoms with van der Waals surface area (Å²) >= 11 is 15.2. The molecule has 3 nitrogen and oxygen atoms in total. The third-order valence-electron chi connectivity index (χ3n) is 2.67. The van der Waals surface area contributed by atoms with E-state index in [2.05, 4.69) is 15.9 Å². The van der Waals surface area contributed by atoms with Crippen LogP contribution in [0.5, 0.6) is 5.75 Å². The highest BCUT2D eigenvalue weighted by Gasteiger charge is 2.09. The van der Waals surface area contributed by atoms with Crippen molar-refractivity contribution < 1.29 is 14.3 Å². The molecule has 0 bridgehead atoms. The lowest BCUT2D eigenvalue weighted by molar-refractivity contribution is 0.0600. The number of halogens is 3. The van der Waals surface area contributed by atoms with Crippen LogP contribution in [0.15, 0.2) is 40.9 Å². The molecule has 0 aliphatic carbocycles. The minimum absolute atomic E-state index is 0.269. The molecule has 2 aromatic carbocycles. The third kappa shape index (κ3) is 4.37. The zero-order valence-corrected chi connectivity index (χ0v) is 14.1. The van der Waals surface area contributed by atoms with Crippen LogP contribution < -0.4 is 4.74 Å². The number of rotatable bonds is 4. The van der Waals surface area contributed by atoms with E-state index in [9.17, 15) is 4.79 Å². The Morgan fingerprint density at radius 1 is 1.19 bits per heavy atom. The van der Waals surface area contributed by atoms with Crippen molar-refractivity contribution in [3.05, 3.63) is 62.0 Å². The van der Waals surface area contributed by atoms with E-state index in [1.807, 2.05) is 6.07 Å². The first-order valence-corrected chi connectivity index (χ1v) is 7.50. The predicted octanol–water partition coefficient (Wildman–Crippen LogP) is 5.12. The van der Waals surface area contributed by atoms with Gasteiger partial charge in [-0.15, -0.1) is 0 Å². The number of carbonyl (C=O) groups excluding carboxylic acids is 1. The summed E-state index contributed by atoms with van der Waals surface area (Å²) in [6.07, 6.45) is 0. The van der Waals surface area contributed by atoms with Crippen molar-refractivity contribution in [1.82, 2.24) is 0 Å². The molecule has 0 radical (unpaired) electrons. The second-order valence-electron chi connectivity index (χ2n) is 4.20. The van der Waals surface area contributed by atoms with Gasteiger partial charge < -0.3 is 9.47 Å². The van der Waals surface area contributed by atoms with Gasteiger partial charge in [-0.05, 0) is 42.0 Å². The van der Waals surface area contributed by atoms with E-state index in [1.54, 1.807) is 30.3 Å². The van der Waals surface area contributed by atoms with Gasteiger partial charge in [0.05, 0.1) is 17.7 Å². The lowest BCUT2D eigenvalue weighted by atomic mass is 10.1. The Morgan fingerprint density at radius 2 is 1.95 bits per heavy atom. The summed E-state index contributed by atoms with van der Waals surface area (Å²) in [7, 11) is 1.34. The second kappa shape index (κ2) is 7.16. The Hall–Kier alpha value is -1.23. The average Bonchev–Trinajstić information content (AvgIpc) is 2.45. The van der Waals surface area contributed by atoms with Gasteiger partial charge in [0.2, 0.25) is 0 Å². The molecule has 21 heavy (non-hydrogen) atoms. The van der Waals surface area contributed by atoms with E-state index in [0.29, 0.717) is 21.4 Å². The molecular weight excluding hydrogens is 379 g/mol. The molecule has 2 aromatic rings. The van der Waals surface area contributed by atoms with E-state index >= 15 is 0 Å². The monoisotopic (exact) mass is 388 g/mol. The molecule has 0 amide bonds. The van der Waals surface area contributed by atoms with Crippen LogP contribution in [0.2, 0.25) is 10.0 Å². The zero-order valence-electron chi connectivity index (χ0n) is 11.0. The van der Waals surface area contributed by atoms with Gasteiger partial charge in [-0.2, -0.15) is 0 Å². The summed E-state index contributed by atoms with van der Waals surface area (Å²) in [6.45, 7) is 0.269.